The molecule has 0 atom stereocenters. The first-order valence-corrected chi connectivity index (χ1v) is 15.3. The number of methoxy groups -OCH3 is 1. The number of hydrogen-bond donors (Lipinski definition) is 1. The molecule has 1 heterocycles. The van der Waals surface area contributed by atoms with Crippen LogP contribution in [-0.2, 0) is 4.79 Å². The fourth-order valence-electron chi connectivity index (χ4n) is 5.09. The summed E-state index contributed by atoms with van der Waals surface area (Å²) in [5.41, 5.74) is 0.857. The zero-order valence-electron chi connectivity index (χ0n) is 26.9. The predicted octanol–water partition coefficient (Wildman–Crippen LogP) is 6.37. The molecule has 1 N–H and O–H groups in total. The summed E-state index contributed by atoms with van der Waals surface area (Å²) in [5, 5.41) is 10.9. The summed E-state index contributed by atoms with van der Waals surface area (Å²) in [5.74, 6) is 1.17. The lowest BCUT2D eigenvalue weighted by atomic mass is 9.97. The number of nitrogens with zero attached hydrogens (tertiary/aromatic N) is 2. The summed E-state index contributed by atoms with van der Waals surface area (Å²) in [6.45, 7) is 11.7. The molecular weight excluding hydrogens is 544 g/mol. The third-order valence-electron chi connectivity index (χ3n) is 7.39. The van der Waals surface area contributed by atoms with Gasteiger partial charge in [0.2, 0.25) is 0 Å². The van der Waals surface area contributed by atoms with Crippen molar-refractivity contribution in [3.05, 3.63) is 59.2 Å². The highest BCUT2D eigenvalue weighted by Gasteiger charge is 2.28. The molecule has 1 aliphatic heterocycles. The highest BCUT2D eigenvalue weighted by molar-refractivity contribution is 6.11. The van der Waals surface area contributed by atoms with Gasteiger partial charge in [-0.2, -0.15) is 0 Å². The van der Waals surface area contributed by atoms with Crippen LogP contribution < -0.4 is 14.2 Å². The normalized spacial score (nSPS) is 13.8. The van der Waals surface area contributed by atoms with Gasteiger partial charge in [-0.3, -0.25) is 9.59 Å². The highest BCUT2D eigenvalue weighted by Crippen LogP contribution is 2.43. The number of benzene rings is 2. The Balaban J connectivity index is 1.50. The van der Waals surface area contributed by atoms with E-state index in [0.29, 0.717) is 28.9 Å². The van der Waals surface area contributed by atoms with Crippen molar-refractivity contribution < 1.29 is 33.4 Å². The van der Waals surface area contributed by atoms with E-state index in [1.165, 1.54) is 13.2 Å². The number of likely N-dealkylation sites (N-methyl/N-ethyl adjacent to an activating group) is 1. The van der Waals surface area contributed by atoms with Crippen molar-refractivity contribution in [3.63, 3.8) is 0 Å². The minimum atomic E-state index is -0.520. The van der Waals surface area contributed by atoms with Crippen LogP contribution in [0.1, 0.15) is 74.9 Å². The van der Waals surface area contributed by atoms with Gasteiger partial charge in [0.05, 0.1) is 39.9 Å². The zero-order valence-corrected chi connectivity index (χ0v) is 26.9. The second-order valence-corrected chi connectivity index (χ2v) is 12.3. The maximum Gasteiger partial charge on any atom is 0.277 e. The molecule has 0 radical (unpaired) electrons. The van der Waals surface area contributed by atoms with Gasteiger partial charge >= 0.3 is 0 Å². The lowest BCUT2D eigenvalue weighted by molar-refractivity contribution is -0.883. The molecule has 1 amide bonds. The quantitative estimate of drug-likeness (QED) is 0.105. The highest BCUT2D eigenvalue weighted by atomic mass is 16.5. The molecule has 0 saturated heterocycles. The van der Waals surface area contributed by atoms with Crippen LogP contribution >= 0.6 is 0 Å². The number of amides is 1. The second kappa shape index (κ2) is 15.1. The Bertz CT molecular complexity index is 1300. The van der Waals surface area contributed by atoms with E-state index in [9.17, 15) is 14.7 Å². The Hall–Kier alpha value is -3.78. The number of phenols is 1. The number of fused-ring (bicyclic) bond motifs is 1. The molecule has 0 unspecified atom stereocenters. The van der Waals surface area contributed by atoms with Crippen LogP contribution in [-0.4, -0.2) is 85.8 Å². The molecule has 0 fully saturated rings. The van der Waals surface area contributed by atoms with Crippen LogP contribution in [0.5, 0.6) is 23.0 Å². The fraction of sp³-hybridized carbons (Fsp3) is 0.486. The third kappa shape index (κ3) is 9.61. The van der Waals surface area contributed by atoms with Gasteiger partial charge in [-0.1, -0.05) is 32.1 Å². The molecule has 2 aromatic carbocycles. The number of carbonyl (C=O) groups excluding carboxylic acids is 2. The van der Waals surface area contributed by atoms with E-state index in [2.05, 4.69) is 27.9 Å². The van der Waals surface area contributed by atoms with Crippen LogP contribution in [0.2, 0.25) is 0 Å². The predicted molar refractivity (Wildman–Crippen MR) is 172 cm³/mol. The summed E-state index contributed by atoms with van der Waals surface area (Å²) in [4.78, 5) is 27.8. The second-order valence-electron chi connectivity index (χ2n) is 12.3. The standard InChI is InChI=1S/C35H48N2O6/c1-8-20-36(21-9-2)32(39)25-37(5,6)22-10-11-23-42-27-15-12-26(13-16-27)14-17-29(38)33-31(41-7)24-30-28(34(33)40)18-19-35(3,4)43-30/h12-19,24H,8-11,20-23,25H2,1-7H3/p+1/b17-14+. The van der Waals surface area contributed by atoms with E-state index in [-0.39, 0.29) is 28.8 Å². The number of quaternary nitrogens is 1. The topological polar surface area (TPSA) is 85.3 Å². The molecule has 8 heteroatoms. The van der Waals surface area contributed by atoms with Gasteiger partial charge in [0.1, 0.15) is 34.2 Å². The van der Waals surface area contributed by atoms with Crippen molar-refractivity contribution in [1.29, 1.82) is 0 Å². The summed E-state index contributed by atoms with van der Waals surface area (Å²) in [6, 6.07) is 9.15. The molecule has 0 aromatic heterocycles. The Morgan fingerprint density at radius 1 is 1.07 bits per heavy atom. The van der Waals surface area contributed by atoms with Crippen molar-refractivity contribution in [3.8, 4) is 23.0 Å². The number of rotatable bonds is 16. The van der Waals surface area contributed by atoms with Gasteiger partial charge in [-0.05, 0) is 75.5 Å². The van der Waals surface area contributed by atoms with E-state index >= 15 is 0 Å². The van der Waals surface area contributed by atoms with E-state index in [4.69, 9.17) is 14.2 Å². The maximum atomic E-state index is 13.1. The third-order valence-corrected chi connectivity index (χ3v) is 7.39. The molecule has 2 aromatic rings. The Labute approximate surface area is 257 Å². The summed E-state index contributed by atoms with van der Waals surface area (Å²) in [7, 11) is 5.68. The number of ketones is 1. The smallest absolute Gasteiger partial charge is 0.277 e. The summed E-state index contributed by atoms with van der Waals surface area (Å²) < 4.78 is 17.9. The number of phenolic OH excluding ortho intramolecular Hbond substituents is 1. The van der Waals surface area contributed by atoms with Gasteiger partial charge in [0, 0.05) is 19.2 Å². The summed E-state index contributed by atoms with van der Waals surface area (Å²) in [6.07, 6.45) is 10.5. The minimum Gasteiger partial charge on any atom is -0.506 e. The lowest BCUT2D eigenvalue weighted by Crippen LogP contribution is -2.49. The van der Waals surface area contributed by atoms with Crippen LogP contribution in [0.3, 0.4) is 0 Å². The van der Waals surface area contributed by atoms with Crippen molar-refractivity contribution in [2.75, 3.05) is 54.0 Å². The average Bonchev–Trinajstić information content (AvgIpc) is 2.95. The molecule has 3 rings (SSSR count). The van der Waals surface area contributed by atoms with Crippen molar-refractivity contribution in [2.45, 2.75) is 59.0 Å². The monoisotopic (exact) mass is 593 g/mol. The Morgan fingerprint density at radius 2 is 1.74 bits per heavy atom. The first-order chi connectivity index (χ1) is 20.4. The van der Waals surface area contributed by atoms with Crippen LogP contribution in [0, 0.1) is 0 Å². The van der Waals surface area contributed by atoms with Crippen LogP contribution in [0.15, 0.2) is 42.5 Å². The number of ether oxygens (including phenoxy) is 3. The molecule has 1 aliphatic rings. The van der Waals surface area contributed by atoms with Gasteiger partial charge in [-0.25, -0.2) is 0 Å². The average molecular weight is 594 g/mol. The van der Waals surface area contributed by atoms with Crippen molar-refractivity contribution in [1.82, 2.24) is 4.90 Å². The molecule has 8 nitrogen and oxygen atoms in total. The van der Waals surface area contributed by atoms with E-state index in [0.717, 1.165) is 56.6 Å². The molecule has 0 bridgehead atoms. The molecule has 0 saturated carbocycles. The van der Waals surface area contributed by atoms with E-state index in [1.807, 2.05) is 49.1 Å². The Morgan fingerprint density at radius 3 is 2.37 bits per heavy atom. The molecule has 234 valence electrons. The van der Waals surface area contributed by atoms with Crippen molar-refractivity contribution in [2.24, 2.45) is 0 Å². The fourth-order valence-corrected chi connectivity index (χ4v) is 5.09. The molecule has 0 aliphatic carbocycles. The number of hydrogen-bond acceptors (Lipinski definition) is 6. The SMILES string of the molecule is CCCN(CCC)C(=O)C[N+](C)(C)CCCCOc1ccc(/C=C/C(=O)c2c(OC)cc3c(c2O)C=CC(C)(C)O3)cc1. The van der Waals surface area contributed by atoms with Gasteiger partial charge in [0.25, 0.3) is 5.91 Å². The Kier molecular flexibility index (Phi) is 11.8. The lowest BCUT2D eigenvalue weighted by Gasteiger charge is -2.32. The van der Waals surface area contributed by atoms with E-state index < -0.39 is 5.60 Å². The zero-order chi connectivity index (χ0) is 31.6. The van der Waals surface area contributed by atoms with Gasteiger partial charge in [0.15, 0.2) is 12.3 Å². The van der Waals surface area contributed by atoms with Crippen LogP contribution in [0.25, 0.3) is 12.2 Å². The maximum absolute atomic E-state index is 13.1. The molecular formula is C35H49N2O6+. The number of carbonyl (C=O) groups is 2. The molecule has 0 spiro atoms. The first-order valence-electron chi connectivity index (χ1n) is 15.3. The first kappa shape index (κ1) is 33.7. The van der Waals surface area contributed by atoms with Crippen LogP contribution in [0.4, 0.5) is 0 Å². The summed E-state index contributed by atoms with van der Waals surface area (Å²) >= 11 is 0. The largest absolute Gasteiger partial charge is 0.506 e. The van der Waals surface area contributed by atoms with Gasteiger partial charge in [-0.15, -0.1) is 0 Å². The minimum absolute atomic E-state index is 0.0934. The molecule has 43 heavy (non-hydrogen) atoms. The van der Waals surface area contributed by atoms with Crippen molar-refractivity contribution >= 4 is 23.8 Å². The van der Waals surface area contributed by atoms with E-state index in [1.54, 1.807) is 18.2 Å². The number of aromatic hydroxyl groups is 1. The number of unbranched alkanes of at least 4 members (excludes halogenated alkanes) is 1. The van der Waals surface area contributed by atoms with Gasteiger partial charge < -0.3 is 28.7 Å². The number of allylic oxidation sites excluding steroid dienone is 1.